The van der Waals surface area contributed by atoms with E-state index in [0.717, 1.165) is 31.2 Å². The van der Waals surface area contributed by atoms with E-state index in [1.165, 1.54) is 5.56 Å². The summed E-state index contributed by atoms with van der Waals surface area (Å²) in [6, 6.07) is 8.28. The molecule has 0 aliphatic heterocycles. The molecule has 3 heteroatoms. The second-order valence-electron chi connectivity index (χ2n) is 5.95. The van der Waals surface area contributed by atoms with Gasteiger partial charge in [-0.3, -0.25) is 4.79 Å². The molecule has 1 aromatic carbocycles. The largest absolute Gasteiger partial charge is 0.350 e. The number of hydrogen-bond donors (Lipinski definition) is 2. The van der Waals surface area contributed by atoms with Gasteiger partial charge in [0.05, 0.1) is 6.04 Å². The van der Waals surface area contributed by atoms with Crippen LogP contribution in [0.2, 0.25) is 0 Å². The second-order valence-corrected chi connectivity index (χ2v) is 5.95. The van der Waals surface area contributed by atoms with Crippen molar-refractivity contribution in [1.29, 1.82) is 0 Å². The number of nitrogens with two attached hydrogens (primary N) is 1. The van der Waals surface area contributed by atoms with E-state index in [1.54, 1.807) is 0 Å². The first-order valence-corrected chi connectivity index (χ1v) is 7.13. The number of carbonyl (C=O) groups is 1. The van der Waals surface area contributed by atoms with Gasteiger partial charge in [0, 0.05) is 12.0 Å². The minimum atomic E-state index is -0.267. The zero-order valence-corrected chi connectivity index (χ0v) is 11.9. The number of aryl methyl sites for hydroxylation is 1. The fraction of sp³-hybridized carbons (Fsp3) is 0.562. The molecule has 0 unspecified atom stereocenters. The first-order valence-electron chi connectivity index (χ1n) is 7.13. The average molecular weight is 260 g/mol. The summed E-state index contributed by atoms with van der Waals surface area (Å²) in [5.41, 5.74) is 8.33. The van der Waals surface area contributed by atoms with Gasteiger partial charge in [-0.1, -0.05) is 42.7 Å². The van der Waals surface area contributed by atoms with Crippen LogP contribution in [0.5, 0.6) is 0 Å². The summed E-state index contributed by atoms with van der Waals surface area (Å²) in [4.78, 5) is 12.1. The van der Waals surface area contributed by atoms with Gasteiger partial charge in [-0.05, 0) is 32.3 Å². The standard InChI is InChI=1S/C16H24N2O/c1-12-6-5-7-14(10-12)13(2)18-15(19)11-16(17)8-3-4-9-16/h5-7,10,13H,3-4,8-9,11,17H2,1-2H3,(H,18,19)/t13-/m0/s1. The summed E-state index contributed by atoms with van der Waals surface area (Å²) >= 11 is 0. The Labute approximate surface area is 115 Å². The van der Waals surface area contributed by atoms with Crippen molar-refractivity contribution in [3.8, 4) is 0 Å². The third-order valence-electron chi connectivity index (χ3n) is 4.03. The maximum absolute atomic E-state index is 12.1. The molecule has 19 heavy (non-hydrogen) atoms. The van der Waals surface area contributed by atoms with Crippen LogP contribution >= 0.6 is 0 Å². The zero-order valence-electron chi connectivity index (χ0n) is 11.9. The van der Waals surface area contributed by atoms with Crippen LogP contribution in [0, 0.1) is 6.92 Å². The molecular weight excluding hydrogens is 236 g/mol. The fourth-order valence-corrected chi connectivity index (χ4v) is 2.89. The maximum Gasteiger partial charge on any atom is 0.222 e. The van der Waals surface area contributed by atoms with Gasteiger partial charge in [-0.2, -0.15) is 0 Å². The Morgan fingerprint density at radius 3 is 2.74 bits per heavy atom. The molecule has 3 nitrogen and oxygen atoms in total. The minimum Gasteiger partial charge on any atom is -0.350 e. The molecule has 1 aliphatic rings. The molecule has 0 bridgehead atoms. The summed E-state index contributed by atoms with van der Waals surface area (Å²) in [6.45, 7) is 4.08. The molecule has 1 aromatic rings. The van der Waals surface area contributed by atoms with E-state index in [0.29, 0.717) is 6.42 Å². The van der Waals surface area contributed by atoms with Crippen LogP contribution in [0.4, 0.5) is 0 Å². The van der Waals surface area contributed by atoms with Crippen LogP contribution in [0.3, 0.4) is 0 Å². The molecular formula is C16H24N2O. The maximum atomic E-state index is 12.1. The normalized spacial score (nSPS) is 19.1. The van der Waals surface area contributed by atoms with Crippen LogP contribution in [0.25, 0.3) is 0 Å². The molecule has 0 radical (unpaired) electrons. The molecule has 1 fully saturated rings. The highest BCUT2D eigenvalue weighted by atomic mass is 16.1. The molecule has 1 atom stereocenters. The Bertz CT molecular complexity index is 450. The topological polar surface area (TPSA) is 55.1 Å². The Hall–Kier alpha value is -1.35. The fourth-order valence-electron chi connectivity index (χ4n) is 2.89. The quantitative estimate of drug-likeness (QED) is 0.874. The highest BCUT2D eigenvalue weighted by molar-refractivity contribution is 5.77. The average Bonchev–Trinajstić information content (AvgIpc) is 2.75. The van der Waals surface area contributed by atoms with E-state index in [9.17, 15) is 4.79 Å². The number of hydrogen-bond acceptors (Lipinski definition) is 2. The highest BCUT2D eigenvalue weighted by Crippen LogP contribution is 2.30. The second kappa shape index (κ2) is 5.74. The monoisotopic (exact) mass is 260 g/mol. The summed E-state index contributed by atoms with van der Waals surface area (Å²) < 4.78 is 0. The smallest absolute Gasteiger partial charge is 0.222 e. The molecule has 0 aromatic heterocycles. The molecule has 2 rings (SSSR count). The van der Waals surface area contributed by atoms with Crippen LogP contribution in [-0.2, 0) is 4.79 Å². The predicted octanol–water partition coefficient (Wildman–Crippen LogP) is 2.83. The Morgan fingerprint density at radius 1 is 1.42 bits per heavy atom. The van der Waals surface area contributed by atoms with E-state index in [2.05, 4.69) is 24.4 Å². The van der Waals surface area contributed by atoms with Crippen molar-refractivity contribution in [2.75, 3.05) is 0 Å². The van der Waals surface area contributed by atoms with Crippen molar-refractivity contribution >= 4 is 5.91 Å². The molecule has 104 valence electrons. The SMILES string of the molecule is Cc1cccc([C@H](C)NC(=O)CC2(N)CCCC2)c1. The minimum absolute atomic E-state index is 0.0393. The molecule has 1 amide bonds. The lowest BCUT2D eigenvalue weighted by atomic mass is 9.94. The van der Waals surface area contributed by atoms with Crippen LogP contribution in [0.15, 0.2) is 24.3 Å². The molecule has 1 aliphatic carbocycles. The number of nitrogens with one attached hydrogen (secondary N) is 1. The van der Waals surface area contributed by atoms with Crippen molar-refractivity contribution in [3.63, 3.8) is 0 Å². The lowest BCUT2D eigenvalue weighted by Gasteiger charge is -2.24. The number of rotatable bonds is 4. The van der Waals surface area contributed by atoms with Gasteiger partial charge in [0.1, 0.15) is 0 Å². The third kappa shape index (κ3) is 3.80. The van der Waals surface area contributed by atoms with Gasteiger partial charge in [0.2, 0.25) is 5.91 Å². The van der Waals surface area contributed by atoms with E-state index >= 15 is 0 Å². The van der Waals surface area contributed by atoms with E-state index in [-0.39, 0.29) is 17.5 Å². The van der Waals surface area contributed by atoms with Gasteiger partial charge in [0.25, 0.3) is 0 Å². The lowest BCUT2D eigenvalue weighted by molar-refractivity contribution is -0.122. The van der Waals surface area contributed by atoms with Gasteiger partial charge in [0.15, 0.2) is 0 Å². The molecule has 0 spiro atoms. The molecule has 3 N–H and O–H groups in total. The first-order chi connectivity index (χ1) is 8.98. The zero-order chi connectivity index (χ0) is 13.9. The van der Waals surface area contributed by atoms with E-state index < -0.39 is 0 Å². The van der Waals surface area contributed by atoms with Crippen molar-refractivity contribution in [1.82, 2.24) is 5.32 Å². The summed E-state index contributed by atoms with van der Waals surface area (Å²) in [5.74, 6) is 0.0680. The predicted molar refractivity (Wildman–Crippen MR) is 77.7 cm³/mol. The lowest BCUT2D eigenvalue weighted by Crippen LogP contribution is -2.42. The van der Waals surface area contributed by atoms with Crippen molar-refractivity contribution < 1.29 is 4.79 Å². The summed E-state index contributed by atoms with van der Waals surface area (Å²) in [6.07, 6.45) is 4.69. The number of benzene rings is 1. The first kappa shape index (κ1) is 14.1. The number of amides is 1. The van der Waals surface area contributed by atoms with Crippen LogP contribution in [0.1, 0.15) is 56.2 Å². The van der Waals surface area contributed by atoms with Crippen molar-refractivity contribution in [2.24, 2.45) is 5.73 Å². The van der Waals surface area contributed by atoms with Crippen LogP contribution < -0.4 is 11.1 Å². The third-order valence-corrected chi connectivity index (χ3v) is 4.03. The van der Waals surface area contributed by atoms with Gasteiger partial charge in [-0.25, -0.2) is 0 Å². The molecule has 1 saturated carbocycles. The Balaban J connectivity index is 1.91. The Kier molecular flexibility index (Phi) is 4.25. The molecule has 0 saturated heterocycles. The van der Waals surface area contributed by atoms with Crippen molar-refractivity contribution in [2.45, 2.75) is 57.5 Å². The van der Waals surface area contributed by atoms with Gasteiger partial charge >= 0.3 is 0 Å². The van der Waals surface area contributed by atoms with Crippen LogP contribution in [-0.4, -0.2) is 11.4 Å². The number of carbonyl (C=O) groups excluding carboxylic acids is 1. The molecule has 0 heterocycles. The highest BCUT2D eigenvalue weighted by Gasteiger charge is 2.31. The van der Waals surface area contributed by atoms with Gasteiger partial charge in [-0.15, -0.1) is 0 Å². The van der Waals surface area contributed by atoms with E-state index in [4.69, 9.17) is 5.73 Å². The van der Waals surface area contributed by atoms with Gasteiger partial charge < -0.3 is 11.1 Å². The Morgan fingerprint density at radius 2 is 2.11 bits per heavy atom. The summed E-state index contributed by atoms with van der Waals surface area (Å²) in [5, 5.41) is 3.06. The van der Waals surface area contributed by atoms with Crippen molar-refractivity contribution in [3.05, 3.63) is 35.4 Å². The van der Waals surface area contributed by atoms with E-state index in [1.807, 2.05) is 19.1 Å². The summed E-state index contributed by atoms with van der Waals surface area (Å²) in [7, 11) is 0.